The molecule has 0 spiro atoms. The predicted octanol–water partition coefficient (Wildman–Crippen LogP) is 2.60. The summed E-state index contributed by atoms with van der Waals surface area (Å²) in [6.07, 6.45) is 0. The number of ketones is 2. The lowest BCUT2D eigenvalue weighted by Gasteiger charge is -2.39. The third kappa shape index (κ3) is 3.90. The quantitative estimate of drug-likeness (QED) is 0.837. The highest BCUT2D eigenvalue weighted by molar-refractivity contribution is 6.05. The summed E-state index contributed by atoms with van der Waals surface area (Å²) in [6.45, 7) is 15.5. The Kier molecular flexibility index (Phi) is 5.76. The molecule has 0 radical (unpaired) electrons. The summed E-state index contributed by atoms with van der Waals surface area (Å²) in [5, 5.41) is 0. The van der Waals surface area contributed by atoms with Gasteiger partial charge < -0.3 is 9.88 Å². The van der Waals surface area contributed by atoms with Crippen LogP contribution in [0.3, 0.4) is 0 Å². The first-order valence-corrected chi connectivity index (χ1v) is 9.23. The van der Waals surface area contributed by atoms with Crippen LogP contribution >= 0.6 is 0 Å². The van der Waals surface area contributed by atoms with E-state index < -0.39 is 0 Å². The van der Waals surface area contributed by atoms with Gasteiger partial charge in [0.25, 0.3) is 0 Å². The summed E-state index contributed by atoms with van der Waals surface area (Å²) < 4.78 is 0. The number of aromatic amines is 1. The van der Waals surface area contributed by atoms with Gasteiger partial charge in [0.05, 0.1) is 11.7 Å². The van der Waals surface area contributed by atoms with Crippen molar-refractivity contribution in [2.45, 2.75) is 54.5 Å². The Bertz CT molecular complexity index is 719. The van der Waals surface area contributed by atoms with Gasteiger partial charge in [-0.2, -0.15) is 0 Å². The topological polar surface area (TPSA) is 73.5 Å². The number of piperazine rings is 1. The number of aromatic nitrogens is 1. The number of hydrogen-bond acceptors (Lipinski definition) is 4. The smallest absolute Gasteiger partial charge is 0.228 e. The molecule has 2 heterocycles. The minimum atomic E-state index is -0.383. The first kappa shape index (κ1) is 20.4. The monoisotopic (exact) mass is 361 g/mol. The number of carbonyl (C=O) groups excluding carboxylic acids is 3. The molecule has 2 rings (SSSR count). The predicted molar refractivity (Wildman–Crippen MR) is 102 cm³/mol. The normalized spacial score (nSPS) is 17.3. The third-order valence-corrected chi connectivity index (χ3v) is 5.21. The van der Waals surface area contributed by atoms with Gasteiger partial charge in [0.15, 0.2) is 11.6 Å². The lowest BCUT2D eigenvalue weighted by Crippen LogP contribution is -2.55. The molecule has 1 unspecified atom stereocenters. The Morgan fingerprint density at radius 2 is 1.58 bits per heavy atom. The number of H-pyrrole nitrogens is 1. The zero-order valence-electron chi connectivity index (χ0n) is 17.0. The van der Waals surface area contributed by atoms with E-state index in [1.807, 2.05) is 46.4 Å². The van der Waals surface area contributed by atoms with Crippen LogP contribution in [0.1, 0.15) is 66.7 Å². The number of nitrogens with one attached hydrogen (secondary N) is 1. The van der Waals surface area contributed by atoms with Crippen LogP contribution in [0, 0.1) is 19.3 Å². The SMILES string of the molecule is CC(=O)c1c(C)[nH]c(C(=O)C(C)N2CCN(C(=O)C(C)(C)C)CC2)c1C. The zero-order chi connectivity index (χ0) is 19.8. The minimum Gasteiger partial charge on any atom is -0.355 e. The van der Waals surface area contributed by atoms with E-state index in [2.05, 4.69) is 9.88 Å². The van der Waals surface area contributed by atoms with Gasteiger partial charge in [-0.1, -0.05) is 20.8 Å². The average Bonchev–Trinajstić information content (AvgIpc) is 2.86. The first-order chi connectivity index (χ1) is 11.9. The molecule has 6 heteroatoms. The van der Waals surface area contributed by atoms with Gasteiger partial charge >= 0.3 is 0 Å². The second kappa shape index (κ2) is 7.35. The highest BCUT2D eigenvalue weighted by Crippen LogP contribution is 2.23. The fourth-order valence-corrected chi connectivity index (χ4v) is 3.69. The molecule has 144 valence electrons. The van der Waals surface area contributed by atoms with E-state index in [0.717, 1.165) is 11.3 Å². The Labute approximate surface area is 155 Å². The number of hydrogen-bond donors (Lipinski definition) is 1. The summed E-state index contributed by atoms with van der Waals surface area (Å²) in [4.78, 5) is 44.3. The Balaban J connectivity index is 2.08. The van der Waals surface area contributed by atoms with Crippen molar-refractivity contribution >= 4 is 17.5 Å². The highest BCUT2D eigenvalue weighted by atomic mass is 16.2. The van der Waals surface area contributed by atoms with Crippen molar-refractivity contribution in [3.63, 3.8) is 0 Å². The van der Waals surface area contributed by atoms with Crippen molar-refractivity contribution in [3.05, 3.63) is 22.5 Å². The van der Waals surface area contributed by atoms with Gasteiger partial charge in [0.1, 0.15) is 0 Å². The van der Waals surface area contributed by atoms with E-state index in [1.165, 1.54) is 6.92 Å². The van der Waals surface area contributed by atoms with Gasteiger partial charge in [-0.25, -0.2) is 0 Å². The molecule has 0 aromatic carbocycles. The number of amides is 1. The molecule has 26 heavy (non-hydrogen) atoms. The van der Waals surface area contributed by atoms with E-state index >= 15 is 0 Å². The molecule has 0 saturated carbocycles. The highest BCUT2D eigenvalue weighted by Gasteiger charge is 2.33. The van der Waals surface area contributed by atoms with E-state index in [4.69, 9.17) is 0 Å². The van der Waals surface area contributed by atoms with Crippen molar-refractivity contribution in [3.8, 4) is 0 Å². The molecule has 1 saturated heterocycles. The lowest BCUT2D eigenvalue weighted by molar-refractivity contribution is -0.141. The number of nitrogens with zero attached hydrogens (tertiary/aromatic N) is 2. The van der Waals surface area contributed by atoms with Crippen LogP contribution in [-0.2, 0) is 4.79 Å². The number of carbonyl (C=O) groups is 3. The standard InChI is InChI=1S/C20H31N3O3/c1-12-16(15(4)24)13(2)21-17(12)18(25)14(3)22-8-10-23(11-9-22)19(26)20(5,6)7/h14,21H,8-11H2,1-7H3. The van der Waals surface area contributed by atoms with Crippen molar-refractivity contribution < 1.29 is 14.4 Å². The molecule has 1 amide bonds. The average molecular weight is 361 g/mol. The van der Waals surface area contributed by atoms with Crippen LogP contribution in [-0.4, -0.2) is 64.5 Å². The Morgan fingerprint density at radius 1 is 1.04 bits per heavy atom. The van der Waals surface area contributed by atoms with Crippen molar-refractivity contribution in [2.24, 2.45) is 5.41 Å². The summed E-state index contributed by atoms with van der Waals surface area (Å²) in [5.41, 5.74) is 2.22. The van der Waals surface area contributed by atoms with Gasteiger partial charge in [0, 0.05) is 42.9 Å². The van der Waals surface area contributed by atoms with Crippen molar-refractivity contribution in [1.82, 2.24) is 14.8 Å². The molecule has 6 nitrogen and oxygen atoms in total. The lowest BCUT2D eigenvalue weighted by atomic mass is 9.94. The summed E-state index contributed by atoms with van der Waals surface area (Å²) in [5.74, 6) is 0.115. The maximum Gasteiger partial charge on any atom is 0.228 e. The Hall–Kier alpha value is -1.95. The van der Waals surface area contributed by atoms with Crippen LogP contribution in [0.5, 0.6) is 0 Å². The molecule has 1 aliphatic heterocycles. The van der Waals surface area contributed by atoms with Crippen LogP contribution in [0.2, 0.25) is 0 Å². The zero-order valence-corrected chi connectivity index (χ0v) is 17.0. The molecule has 1 aromatic rings. The molecule has 1 fully saturated rings. The summed E-state index contributed by atoms with van der Waals surface area (Å²) in [7, 11) is 0. The molecular formula is C20H31N3O3. The number of rotatable bonds is 4. The van der Waals surface area contributed by atoms with Crippen LogP contribution in [0.15, 0.2) is 0 Å². The largest absolute Gasteiger partial charge is 0.355 e. The molecule has 1 atom stereocenters. The van der Waals surface area contributed by atoms with Gasteiger partial charge in [0.2, 0.25) is 5.91 Å². The molecule has 0 bridgehead atoms. The third-order valence-electron chi connectivity index (χ3n) is 5.21. The summed E-state index contributed by atoms with van der Waals surface area (Å²) in [6, 6.07) is -0.293. The fourth-order valence-electron chi connectivity index (χ4n) is 3.69. The molecule has 0 aliphatic carbocycles. The van der Waals surface area contributed by atoms with Crippen LogP contribution in [0.25, 0.3) is 0 Å². The molecule has 1 aromatic heterocycles. The maximum absolute atomic E-state index is 13.0. The maximum atomic E-state index is 13.0. The summed E-state index contributed by atoms with van der Waals surface area (Å²) >= 11 is 0. The Morgan fingerprint density at radius 3 is 2.00 bits per heavy atom. The second-order valence-electron chi connectivity index (χ2n) is 8.30. The second-order valence-corrected chi connectivity index (χ2v) is 8.30. The van der Waals surface area contributed by atoms with E-state index in [0.29, 0.717) is 37.4 Å². The molecule has 1 aliphatic rings. The number of aryl methyl sites for hydroxylation is 1. The van der Waals surface area contributed by atoms with Crippen molar-refractivity contribution in [2.75, 3.05) is 26.2 Å². The van der Waals surface area contributed by atoms with Gasteiger partial charge in [-0.15, -0.1) is 0 Å². The van der Waals surface area contributed by atoms with Gasteiger partial charge in [-0.05, 0) is 33.3 Å². The minimum absolute atomic E-state index is 0.00584. The molecule has 1 N–H and O–H groups in total. The molecular weight excluding hydrogens is 330 g/mol. The van der Waals surface area contributed by atoms with Crippen LogP contribution in [0.4, 0.5) is 0 Å². The van der Waals surface area contributed by atoms with E-state index in [9.17, 15) is 14.4 Å². The van der Waals surface area contributed by atoms with Gasteiger partial charge in [-0.3, -0.25) is 19.3 Å². The number of Topliss-reactive ketones (excluding diaryl/α,β-unsaturated/α-hetero) is 2. The van der Waals surface area contributed by atoms with E-state index in [1.54, 1.807) is 0 Å². The van der Waals surface area contributed by atoms with Crippen LogP contribution < -0.4 is 0 Å². The fraction of sp³-hybridized carbons (Fsp3) is 0.650. The van der Waals surface area contributed by atoms with Crippen molar-refractivity contribution in [1.29, 1.82) is 0 Å². The van der Waals surface area contributed by atoms with E-state index in [-0.39, 0.29) is 28.9 Å². The first-order valence-electron chi connectivity index (χ1n) is 9.23.